The number of nitrogen functional groups attached to an aromatic ring is 1. The molecule has 0 saturated carbocycles. The number of anilines is 1. The first-order chi connectivity index (χ1) is 10.6. The van der Waals surface area contributed by atoms with Crippen LogP contribution in [0, 0.1) is 0 Å². The van der Waals surface area contributed by atoms with Crippen LogP contribution in [0.1, 0.15) is 37.8 Å². The molecule has 4 heteroatoms. The molecule has 0 bridgehead atoms. The lowest BCUT2D eigenvalue weighted by atomic mass is 9.99. The van der Waals surface area contributed by atoms with Crippen molar-refractivity contribution in [1.29, 1.82) is 0 Å². The fourth-order valence-corrected chi connectivity index (χ4v) is 2.41. The van der Waals surface area contributed by atoms with Crippen LogP contribution in [0.3, 0.4) is 0 Å². The second kappa shape index (κ2) is 7.59. The molecule has 4 nitrogen and oxygen atoms in total. The molecule has 0 atom stereocenters. The van der Waals surface area contributed by atoms with Gasteiger partial charge in [-0.15, -0.1) is 0 Å². The number of aryl methyl sites for hydroxylation is 2. The van der Waals surface area contributed by atoms with Gasteiger partial charge in [-0.3, -0.25) is 0 Å². The second-order valence-electron chi connectivity index (χ2n) is 5.39. The van der Waals surface area contributed by atoms with Crippen LogP contribution in [0.25, 0.3) is 0 Å². The van der Waals surface area contributed by atoms with Gasteiger partial charge >= 0.3 is 0 Å². The Hall–Kier alpha value is -2.36. The Labute approximate surface area is 131 Å². The standard InChI is InChI=1S/C18H23N3O/c1-3-5-13-11-16(12-14(6-4-2)18(13)19)21-20-15-7-9-17(22)10-8-15/h7-12,22H,3-6,19H2,1-2H3. The number of benzene rings is 2. The number of hydrogen-bond donors (Lipinski definition) is 2. The Morgan fingerprint density at radius 3 is 1.86 bits per heavy atom. The van der Waals surface area contributed by atoms with Gasteiger partial charge in [-0.2, -0.15) is 10.2 Å². The summed E-state index contributed by atoms with van der Waals surface area (Å²) in [6.07, 6.45) is 4.00. The minimum absolute atomic E-state index is 0.224. The summed E-state index contributed by atoms with van der Waals surface area (Å²) < 4.78 is 0. The summed E-state index contributed by atoms with van der Waals surface area (Å²) in [7, 11) is 0. The van der Waals surface area contributed by atoms with Crippen molar-refractivity contribution in [3.63, 3.8) is 0 Å². The number of hydrogen-bond acceptors (Lipinski definition) is 4. The molecular weight excluding hydrogens is 274 g/mol. The zero-order valence-corrected chi connectivity index (χ0v) is 13.2. The lowest BCUT2D eigenvalue weighted by Crippen LogP contribution is -2.00. The summed E-state index contributed by atoms with van der Waals surface area (Å²) in [5.41, 5.74) is 11.0. The minimum Gasteiger partial charge on any atom is -0.508 e. The molecule has 3 N–H and O–H groups in total. The van der Waals surface area contributed by atoms with E-state index in [-0.39, 0.29) is 5.75 Å². The van der Waals surface area contributed by atoms with Crippen molar-refractivity contribution in [3.05, 3.63) is 47.5 Å². The van der Waals surface area contributed by atoms with E-state index >= 15 is 0 Å². The molecule has 0 spiro atoms. The lowest BCUT2D eigenvalue weighted by Gasteiger charge is -2.11. The van der Waals surface area contributed by atoms with Gasteiger partial charge in [-0.25, -0.2) is 0 Å². The van der Waals surface area contributed by atoms with Crippen molar-refractivity contribution < 1.29 is 5.11 Å². The Bertz CT molecular complexity index is 621. The molecule has 22 heavy (non-hydrogen) atoms. The van der Waals surface area contributed by atoms with E-state index in [4.69, 9.17) is 5.73 Å². The number of azo groups is 1. The van der Waals surface area contributed by atoms with Crippen LogP contribution in [0.5, 0.6) is 5.75 Å². The highest BCUT2D eigenvalue weighted by Crippen LogP contribution is 2.29. The van der Waals surface area contributed by atoms with E-state index < -0.39 is 0 Å². The first kappa shape index (κ1) is 16.0. The molecule has 0 heterocycles. The first-order valence-corrected chi connectivity index (χ1v) is 7.76. The largest absolute Gasteiger partial charge is 0.508 e. The maximum atomic E-state index is 9.28. The summed E-state index contributed by atoms with van der Waals surface area (Å²) in [5, 5.41) is 17.8. The maximum absolute atomic E-state index is 9.28. The third kappa shape index (κ3) is 4.07. The van der Waals surface area contributed by atoms with Gasteiger partial charge < -0.3 is 10.8 Å². The molecule has 116 valence electrons. The molecule has 2 aromatic rings. The molecular formula is C18H23N3O. The van der Waals surface area contributed by atoms with Gasteiger partial charge in [0.15, 0.2) is 0 Å². The maximum Gasteiger partial charge on any atom is 0.115 e. The average Bonchev–Trinajstić information content (AvgIpc) is 2.51. The van der Waals surface area contributed by atoms with Crippen molar-refractivity contribution in [2.75, 3.05) is 5.73 Å². The molecule has 0 unspecified atom stereocenters. The fraction of sp³-hybridized carbons (Fsp3) is 0.333. The smallest absolute Gasteiger partial charge is 0.115 e. The molecule has 0 radical (unpaired) electrons. The molecule has 0 fully saturated rings. The van der Waals surface area contributed by atoms with Gasteiger partial charge in [-0.05, 0) is 60.4 Å². The molecule has 0 aromatic heterocycles. The van der Waals surface area contributed by atoms with Crippen molar-refractivity contribution in [2.24, 2.45) is 10.2 Å². The highest BCUT2D eigenvalue weighted by Gasteiger charge is 2.07. The Morgan fingerprint density at radius 2 is 1.36 bits per heavy atom. The zero-order chi connectivity index (χ0) is 15.9. The van der Waals surface area contributed by atoms with Crippen LogP contribution in [-0.4, -0.2) is 5.11 Å². The third-order valence-electron chi connectivity index (χ3n) is 3.51. The molecule has 0 aliphatic rings. The molecule has 0 aliphatic heterocycles. The Kier molecular flexibility index (Phi) is 5.53. The number of rotatable bonds is 6. The fourth-order valence-electron chi connectivity index (χ4n) is 2.41. The van der Waals surface area contributed by atoms with Crippen LogP contribution in [0.15, 0.2) is 46.6 Å². The number of nitrogens with two attached hydrogens (primary N) is 1. The van der Waals surface area contributed by atoms with E-state index in [2.05, 4.69) is 24.1 Å². The number of nitrogens with zero attached hydrogens (tertiary/aromatic N) is 2. The summed E-state index contributed by atoms with van der Waals surface area (Å²) in [6.45, 7) is 4.28. The topological polar surface area (TPSA) is 71.0 Å². The van der Waals surface area contributed by atoms with Gasteiger partial charge in [-0.1, -0.05) is 26.7 Å². The SMILES string of the molecule is CCCc1cc(N=Nc2ccc(O)cc2)cc(CCC)c1N. The zero-order valence-electron chi connectivity index (χ0n) is 13.2. The third-order valence-corrected chi connectivity index (χ3v) is 3.51. The number of phenols is 1. The van der Waals surface area contributed by atoms with Gasteiger partial charge in [0.1, 0.15) is 5.75 Å². The van der Waals surface area contributed by atoms with Crippen LogP contribution in [0.2, 0.25) is 0 Å². The quantitative estimate of drug-likeness (QED) is 0.561. The van der Waals surface area contributed by atoms with Crippen molar-refractivity contribution >= 4 is 17.1 Å². The van der Waals surface area contributed by atoms with Gasteiger partial charge in [0.2, 0.25) is 0 Å². The van der Waals surface area contributed by atoms with Crippen molar-refractivity contribution in [3.8, 4) is 5.75 Å². The van der Waals surface area contributed by atoms with E-state index in [1.165, 1.54) is 0 Å². The van der Waals surface area contributed by atoms with Crippen molar-refractivity contribution in [1.82, 2.24) is 0 Å². The lowest BCUT2D eigenvalue weighted by molar-refractivity contribution is 0.475. The summed E-state index contributed by atoms with van der Waals surface area (Å²) in [5.74, 6) is 0.224. The summed E-state index contributed by atoms with van der Waals surface area (Å²) in [6, 6.07) is 10.7. The predicted octanol–water partition coefficient (Wildman–Crippen LogP) is 5.29. The van der Waals surface area contributed by atoms with Crippen LogP contribution in [-0.2, 0) is 12.8 Å². The highest BCUT2D eigenvalue weighted by molar-refractivity contribution is 5.61. The van der Waals surface area contributed by atoms with E-state index in [9.17, 15) is 5.11 Å². The first-order valence-electron chi connectivity index (χ1n) is 7.76. The Balaban J connectivity index is 2.31. The Morgan fingerprint density at radius 1 is 0.864 bits per heavy atom. The van der Waals surface area contributed by atoms with Gasteiger partial charge in [0.25, 0.3) is 0 Å². The predicted molar refractivity (Wildman–Crippen MR) is 91.1 cm³/mol. The van der Waals surface area contributed by atoms with Gasteiger partial charge in [0, 0.05) is 5.69 Å². The van der Waals surface area contributed by atoms with E-state index in [1.807, 2.05) is 12.1 Å². The average molecular weight is 297 g/mol. The molecule has 0 saturated heterocycles. The van der Waals surface area contributed by atoms with Crippen LogP contribution < -0.4 is 5.73 Å². The number of aromatic hydroxyl groups is 1. The van der Waals surface area contributed by atoms with E-state index in [0.29, 0.717) is 5.69 Å². The minimum atomic E-state index is 0.224. The monoisotopic (exact) mass is 297 g/mol. The molecule has 0 amide bonds. The van der Waals surface area contributed by atoms with Gasteiger partial charge in [0.05, 0.1) is 11.4 Å². The van der Waals surface area contributed by atoms with Crippen LogP contribution in [0.4, 0.5) is 17.1 Å². The summed E-state index contributed by atoms with van der Waals surface area (Å²) >= 11 is 0. The highest BCUT2D eigenvalue weighted by atomic mass is 16.3. The molecule has 0 aliphatic carbocycles. The number of phenolic OH excluding ortho intramolecular Hbond substituents is 1. The van der Waals surface area contributed by atoms with E-state index in [1.54, 1.807) is 24.3 Å². The van der Waals surface area contributed by atoms with Crippen molar-refractivity contribution in [2.45, 2.75) is 39.5 Å². The summed E-state index contributed by atoms with van der Waals surface area (Å²) in [4.78, 5) is 0. The van der Waals surface area contributed by atoms with Crippen LogP contribution >= 0.6 is 0 Å². The van der Waals surface area contributed by atoms with E-state index in [0.717, 1.165) is 48.2 Å². The normalized spacial score (nSPS) is 11.2. The molecule has 2 aromatic carbocycles. The second-order valence-corrected chi connectivity index (χ2v) is 5.39. The molecule has 2 rings (SSSR count).